The van der Waals surface area contributed by atoms with E-state index < -0.39 is 17.6 Å². The van der Waals surface area contributed by atoms with Crippen LogP contribution in [0.4, 0.5) is 23.2 Å². The van der Waals surface area contributed by atoms with E-state index in [2.05, 4.69) is 38.4 Å². The van der Waals surface area contributed by atoms with Crippen LogP contribution in [0.3, 0.4) is 0 Å². The highest BCUT2D eigenvalue weighted by Crippen LogP contribution is 2.34. The van der Waals surface area contributed by atoms with Gasteiger partial charge in [0.1, 0.15) is 29.1 Å². The maximum Gasteiger partial charge on any atom is 0.416 e. The summed E-state index contributed by atoms with van der Waals surface area (Å²) in [4.78, 5) is 9.39. The zero-order valence-electron chi connectivity index (χ0n) is 22.1. The first-order valence-electron chi connectivity index (χ1n) is 13.3. The molecule has 208 valence electrons. The molecule has 4 aromatic rings. The van der Waals surface area contributed by atoms with Crippen LogP contribution in [-0.2, 0) is 24.0 Å². The Hall–Kier alpha value is -3.25. The Bertz CT molecular complexity index is 1510. The molecule has 0 saturated carbocycles. The van der Waals surface area contributed by atoms with Crippen molar-refractivity contribution in [3.05, 3.63) is 53.4 Å². The maximum atomic E-state index is 14.6. The fourth-order valence-corrected chi connectivity index (χ4v) is 5.92. The van der Waals surface area contributed by atoms with Crippen LogP contribution >= 0.6 is 0 Å². The molecule has 1 aromatic carbocycles. The van der Waals surface area contributed by atoms with Crippen molar-refractivity contribution in [2.75, 3.05) is 24.6 Å². The Morgan fingerprint density at radius 1 is 1.10 bits per heavy atom. The first kappa shape index (κ1) is 26.0. The number of ether oxygens (including phenoxy) is 1. The molecule has 5 heterocycles. The van der Waals surface area contributed by atoms with Crippen LogP contribution < -0.4 is 4.90 Å². The number of hydrogen-bond donors (Lipinski definition) is 0. The van der Waals surface area contributed by atoms with E-state index in [1.807, 2.05) is 17.4 Å². The van der Waals surface area contributed by atoms with Gasteiger partial charge in [-0.1, -0.05) is 6.07 Å². The number of alkyl halides is 3. The van der Waals surface area contributed by atoms with Crippen molar-refractivity contribution in [3.63, 3.8) is 0 Å². The van der Waals surface area contributed by atoms with Gasteiger partial charge in [-0.3, -0.25) is 9.30 Å². The van der Waals surface area contributed by atoms with Gasteiger partial charge >= 0.3 is 6.18 Å². The van der Waals surface area contributed by atoms with Gasteiger partial charge in [-0.2, -0.15) is 13.2 Å². The SMILES string of the molecule is Cc1nc2c(N3C[C@@H](C)N(Cc4ccc(C(F)(F)F)cc4F)C[C@@H]3C)cc3nncn3c2n1C[C@@H]1CCCO1. The molecule has 2 aliphatic rings. The Kier molecular flexibility index (Phi) is 6.49. The maximum absolute atomic E-state index is 14.6. The summed E-state index contributed by atoms with van der Waals surface area (Å²) in [5.74, 6) is 0.0541. The Balaban J connectivity index is 1.30. The molecule has 2 saturated heterocycles. The first-order valence-corrected chi connectivity index (χ1v) is 13.3. The average molecular weight is 546 g/mol. The quantitative estimate of drug-likeness (QED) is 0.335. The second-order valence-corrected chi connectivity index (χ2v) is 10.7. The summed E-state index contributed by atoms with van der Waals surface area (Å²) in [6.45, 7) is 9.11. The Morgan fingerprint density at radius 2 is 1.92 bits per heavy atom. The van der Waals surface area contributed by atoms with Crippen LogP contribution in [0.25, 0.3) is 16.8 Å². The van der Waals surface area contributed by atoms with Crippen molar-refractivity contribution >= 4 is 22.5 Å². The number of halogens is 4. The monoisotopic (exact) mass is 545 g/mol. The average Bonchev–Trinajstić information content (AvgIpc) is 3.62. The number of nitrogens with zero attached hydrogens (tertiary/aromatic N) is 7. The largest absolute Gasteiger partial charge is 0.416 e. The van der Waals surface area contributed by atoms with Crippen LogP contribution in [0.1, 0.15) is 43.6 Å². The summed E-state index contributed by atoms with van der Waals surface area (Å²) >= 11 is 0. The molecular formula is C27H31F4N7O. The lowest BCUT2D eigenvalue weighted by atomic mass is 10.0. The van der Waals surface area contributed by atoms with Gasteiger partial charge in [0.25, 0.3) is 0 Å². The number of rotatable bonds is 5. The third-order valence-electron chi connectivity index (χ3n) is 8.03. The van der Waals surface area contributed by atoms with Crippen LogP contribution in [-0.4, -0.2) is 66.9 Å². The van der Waals surface area contributed by atoms with Crippen LogP contribution in [0.2, 0.25) is 0 Å². The lowest BCUT2D eigenvalue weighted by molar-refractivity contribution is -0.137. The van der Waals surface area contributed by atoms with Crippen molar-refractivity contribution in [1.29, 1.82) is 0 Å². The van der Waals surface area contributed by atoms with Gasteiger partial charge in [-0.05, 0) is 45.7 Å². The minimum absolute atomic E-state index is 0.0158. The molecule has 39 heavy (non-hydrogen) atoms. The number of aryl methyl sites for hydroxylation is 1. The molecule has 0 bridgehead atoms. The summed E-state index contributed by atoms with van der Waals surface area (Å²) in [6, 6.07) is 4.83. The van der Waals surface area contributed by atoms with Crippen LogP contribution in [0, 0.1) is 12.7 Å². The first-order chi connectivity index (χ1) is 18.6. The molecule has 2 fully saturated rings. The lowest BCUT2D eigenvalue weighted by Gasteiger charge is -2.45. The smallest absolute Gasteiger partial charge is 0.376 e. The predicted molar refractivity (Wildman–Crippen MR) is 138 cm³/mol. The molecule has 0 radical (unpaired) electrons. The fraction of sp³-hybridized carbons (Fsp3) is 0.519. The van der Waals surface area contributed by atoms with Gasteiger partial charge in [0, 0.05) is 50.0 Å². The number of aromatic nitrogens is 5. The second kappa shape index (κ2) is 9.74. The molecule has 3 aromatic heterocycles. The number of hydrogen-bond acceptors (Lipinski definition) is 6. The molecular weight excluding hydrogens is 514 g/mol. The van der Waals surface area contributed by atoms with E-state index in [1.54, 1.807) is 6.33 Å². The zero-order chi connectivity index (χ0) is 27.5. The molecule has 6 rings (SSSR count). The number of piperazine rings is 1. The van der Waals surface area contributed by atoms with Gasteiger partial charge in [0.15, 0.2) is 5.65 Å². The minimum atomic E-state index is -4.57. The third kappa shape index (κ3) is 4.73. The van der Waals surface area contributed by atoms with Gasteiger partial charge in [-0.15, -0.1) is 10.2 Å². The molecule has 0 spiro atoms. The molecule has 2 aliphatic heterocycles. The molecule has 12 heteroatoms. The lowest BCUT2D eigenvalue weighted by Crippen LogP contribution is -2.56. The van der Waals surface area contributed by atoms with Crippen molar-refractivity contribution in [2.45, 2.75) is 71.1 Å². The molecule has 0 unspecified atom stereocenters. The van der Waals surface area contributed by atoms with E-state index in [-0.39, 0.29) is 30.3 Å². The normalized spacial score (nSPS) is 22.9. The zero-order valence-corrected chi connectivity index (χ0v) is 22.1. The van der Waals surface area contributed by atoms with Crippen molar-refractivity contribution in [1.82, 2.24) is 29.0 Å². The molecule has 0 aliphatic carbocycles. The summed E-state index contributed by atoms with van der Waals surface area (Å²) in [5, 5.41) is 8.49. The van der Waals surface area contributed by atoms with Crippen molar-refractivity contribution in [3.8, 4) is 0 Å². The molecule has 0 amide bonds. The van der Waals surface area contributed by atoms with E-state index in [1.165, 1.54) is 6.07 Å². The second-order valence-electron chi connectivity index (χ2n) is 10.7. The highest BCUT2D eigenvalue weighted by atomic mass is 19.4. The Labute approximate surface area is 223 Å². The summed E-state index contributed by atoms with van der Waals surface area (Å²) < 4.78 is 63.6. The van der Waals surface area contributed by atoms with E-state index in [9.17, 15) is 17.6 Å². The molecule has 3 atom stereocenters. The number of imidazole rings is 1. The van der Waals surface area contributed by atoms with Gasteiger partial charge < -0.3 is 14.2 Å². The van der Waals surface area contributed by atoms with E-state index in [4.69, 9.17) is 9.72 Å². The third-order valence-corrected chi connectivity index (χ3v) is 8.03. The van der Waals surface area contributed by atoms with Gasteiger partial charge in [0.2, 0.25) is 0 Å². The molecule has 0 N–H and O–H groups in total. The summed E-state index contributed by atoms with van der Waals surface area (Å²) in [5.41, 5.74) is 2.75. The summed E-state index contributed by atoms with van der Waals surface area (Å²) in [7, 11) is 0. The van der Waals surface area contributed by atoms with Gasteiger partial charge in [0.05, 0.1) is 23.9 Å². The Morgan fingerprint density at radius 3 is 2.64 bits per heavy atom. The van der Waals surface area contributed by atoms with Crippen LogP contribution in [0.5, 0.6) is 0 Å². The number of pyridine rings is 1. The topological polar surface area (TPSA) is 63.7 Å². The van der Waals surface area contributed by atoms with Crippen molar-refractivity contribution < 1.29 is 22.3 Å². The van der Waals surface area contributed by atoms with E-state index >= 15 is 0 Å². The number of fused-ring (bicyclic) bond motifs is 3. The van der Waals surface area contributed by atoms with Gasteiger partial charge in [-0.25, -0.2) is 9.37 Å². The highest BCUT2D eigenvalue weighted by molar-refractivity contribution is 5.90. The predicted octanol–water partition coefficient (Wildman–Crippen LogP) is 4.82. The van der Waals surface area contributed by atoms with Crippen molar-refractivity contribution in [2.24, 2.45) is 0 Å². The fourth-order valence-electron chi connectivity index (χ4n) is 5.92. The number of anilines is 1. The standard InChI is InChI=1S/C27H31F4N7O/c1-16-12-36(17(2)11-35(16)13-19-6-7-20(9-22(19)28)27(29,30)31)23-10-24-34-32-15-38(24)26-25(23)33-18(3)37(26)14-21-5-4-8-39-21/h6-7,9-10,15-17,21H,4-5,8,11-14H2,1-3H3/t16-,17+,21+/m1/s1. The van der Waals surface area contributed by atoms with Crippen LogP contribution in [0.15, 0.2) is 30.6 Å². The van der Waals surface area contributed by atoms with E-state index in [0.717, 1.165) is 53.8 Å². The highest BCUT2D eigenvalue weighted by Gasteiger charge is 2.34. The minimum Gasteiger partial charge on any atom is -0.376 e. The molecule has 8 nitrogen and oxygen atoms in total. The van der Waals surface area contributed by atoms with E-state index in [0.29, 0.717) is 25.7 Å². The summed E-state index contributed by atoms with van der Waals surface area (Å²) in [6.07, 6.45) is -0.653. The number of benzene rings is 1.